The fourth-order valence-electron chi connectivity index (χ4n) is 1.59. The summed E-state index contributed by atoms with van der Waals surface area (Å²) in [4.78, 5) is 1.06. The van der Waals surface area contributed by atoms with Crippen LogP contribution in [-0.4, -0.2) is 5.75 Å². The van der Waals surface area contributed by atoms with Crippen LogP contribution in [0.5, 0.6) is 0 Å². The van der Waals surface area contributed by atoms with Gasteiger partial charge in [-0.2, -0.15) is 0 Å². The molecule has 0 saturated heterocycles. The molecule has 1 unspecified atom stereocenters. The zero-order valence-corrected chi connectivity index (χ0v) is 10.5. The zero-order valence-electron chi connectivity index (χ0n) is 9.64. The van der Waals surface area contributed by atoms with Crippen LogP contribution in [0.4, 0.5) is 8.78 Å². The van der Waals surface area contributed by atoms with Gasteiger partial charge in [0.1, 0.15) is 11.6 Å². The van der Waals surface area contributed by atoms with E-state index >= 15 is 0 Å². The van der Waals surface area contributed by atoms with Gasteiger partial charge in [0.05, 0.1) is 0 Å². The van der Waals surface area contributed by atoms with Crippen LogP contribution in [0.2, 0.25) is 0 Å². The van der Waals surface area contributed by atoms with E-state index in [1.54, 1.807) is 0 Å². The Kier molecular flexibility index (Phi) is 4.33. The zero-order chi connectivity index (χ0) is 13.0. The van der Waals surface area contributed by atoms with Gasteiger partial charge in [0.25, 0.3) is 0 Å². The van der Waals surface area contributed by atoms with Crippen molar-refractivity contribution in [1.82, 2.24) is 0 Å². The van der Waals surface area contributed by atoms with Crippen molar-refractivity contribution in [1.29, 1.82) is 0 Å². The van der Waals surface area contributed by atoms with Crippen molar-refractivity contribution in [2.24, 2.45) is 5.73 Å². The Morgan fingerprint density at radius 2 is 1.78 bits per heavy atom. The van der Waals surface area contributed by atoms with Crippen LogP contribution in [-0.2, 0) is 0 Å². The van der Waals surface area contributed by atoms with E-state index in [4.69, 9.17) is 5.73 Å². The van der Waals surface area contributed by atoms with Crippen LogP contribution in [0.25, 0.3) is 0 Å². The summed E-state index contributed by atoms with van der Waals surface area (Å²) in [6.07, 6.45) is 0. The van der Waals surface area contributed by atoms with Crippen LogP contribution in [0.1, 0.15) is 11.6 Å². The first-order valence-electron chi connectivity index (χ1n) is 5.55. The van der Waals surface area contributed by atoms with E-state index in [0.717, 1.165) is 23.1 Å². The Labute approximate surface area is 109 Å². The normalized spacial score (nSPS) is 12.4. The number of benzene rings is 2. The van der Waals surface area contributed by atoms with Crippen molar-refractivity contribution in [3.63, 3.8) is 0 Å². The molecule has 1 atom stereocenters. The molecule has 0 fully saturated rings. The average Bonchev–Trinajstić information content (AvgIpc) is 2.40. The van der Waals surface area contributed by atoms with Crippen molar-refractivity contribution in [3.05, 3.63) is 65.7 Å². The quantitative estimate of drug-likeness (QED) is 0.852. The molecule has 1 nitrogen and oxygen atoms in total. The highest BCUT2D eigenvalue weighted by Gasteiger charge is 2.12. The van der Waals surface area contributed by atoms with Gasteiger partial charge in [0.15, 0.2) is 0 Å². The lowest BCUT2D eigenvalue weighted by atomic mass is 10.1. The fourth-order valence-corrected chi connectivity index (χ4v) is 2.49. The SMILES string of the molecule is NC(CSc1ccccc1)c1cc(F)ccc1F. The van der Waals surface area contributed by atoms with E-state index < -0.39 is 17.7 Å². The number of nitrogens with two attached hydrogens (primary N) is 1. The molecule has 0 heterocycles. The minimum absolute atomic E-state index is 0.221. The highest BCUT2D eigenvalue weighted by molar-refractivity contribution is 7.99. The van der Waals surface area contributed by atoms with Crippen LogP contribution in [0.3, 0.4) is 0 Å². The predicted molar refractivity (Wildman–Crippen MR) is 70.5 cm³/mol. The molecular formula is C14H13F2NS. The van der Waals surface area contributed by atoms with Crippen LogP contribution < -0.4 is 5.73 Å². The molecule has 94 valence electrons. The molecule has 2 N–H and O–H groups in total. The largest absolute Gasteiger partial charge is 0.323 e. The topological polar surface area (TPSA) is 26.0 Å². The van der Waals surface area contributed by atoms with Crippen molar-refractivity contribution in [2.45, 2.75) is 10.9 Å². The van der Waals surface area contributed by atoms with Gasteiger partial charge in [0.2, 0.25) is 0 Å². The Morgan fingerprint density at radius 3 is 2.50 bits per heavy atom. The van der Waals surface area contributed by atoms with Crippen molar-refractivity contribution >= 4 is 11.8 Å². The van der Waals surface area contributed by atoms with E-state index in [9.17, 15) is 8.78 Å². The molecule has 0 saturated carbocycles. The van der Waals surface area contributed by atoms with E-state index in [1.165, 1.54) is 11.8 Å². The molecule has 0 bridgehead atoms. The molecule has 0 aromatic heterocycles. The molecule has 0 aliphatic heterocycles. The lowest BCUT2D eigenvalue weighted by Crippen LogP contribution is -2.15. The maximum Gasteiger partial charge on any atom is 0.128 e. The molecule has 18 heavy (non-hydrogen) atoms. The van der Waals surface area contributed by atoms with Gasteiger partial charge in [-0.1, -0.05) is 18.2 Å². The molecule has 0 aliphatic rings. The summed E-state index contributed by atoms with van der Waals surface area (Å²) in [6, 6.07) is 12.5. The monoisotopic (exact) mass is 265 g/mol. The first kappa shape index (κ1) is 13.1. The van der Waals surface area contributed by atoms with E-state index in [2.05, 4.69) is 0 Å². The van der Waals surface area contributed by atoms with E-state index in [1.807, 2.05) is 30.3 Å². The highest BCUT2D eigenvalue weighted by Crippen LogP contribution is 2.24. The Hall–Kier alpha value is -1.39. The molecule has 2 aromatic carbocycles. The van der Waals surface area contributed by atoms with Crippen LogP contribution in [0.15, 0.2) is 53.4 Å². The Bertz CT molecular complexity index is 516. The van der Waals surface area contributed by atoms with Gasteiger partial charge >= 0.3 is 0 Å². The van der Waals surface area contributed by atoms with Crippen molar-refractivity contribution in [3.8, 4) is 0 Å². The van der Waals surface area contributed by atoms with Crippen molar-refractivity contribution in [2.75, 3.05) is 5.75 Å². The molecule has 0 spiro atoms. The van der Waals surface area contributed by atoms with Gasteiger partial charge in [-0.3, -0.25) is 0 Å². The first-order valence-corrected chi connectivity index (χ1v) is 6.54. The minimum Gasteiger partial charge on any atom is -0.323 e. The van der Waals surface area contributed by atoms with Gasteiger partial charge in [-0.25, -0.2) is 8.78 Å². The lowest BCUT2D eigenvalue weighted by molar-refractivity contribution is 0.573. The van der Waals surface area contributed by atoms with Gasteiger partial charge in [-0.05, 0) is 30.3 Å². The summed E-state index contributed by atoms with van der Waals surface area (Å²) in [7, 11) is 0. The third-order valence-corrected chi connectivity index (χ3v) is 3.66. The Morgan fingerprint density at radius 1 is 1.06 bits per heavy atom. The number of hydrogen-bond donors (Lipinski definition) is 1. The molecule has 2 aromatic rings. The van der Waals surface area contributed by atoms with E-state index in [-0.39, 0.29) is 5.56 Å². The second-order valence-electron chi connectivity index (χ2n) is 3.90. The number of halogens is 2. The summed E-state index contributed by atoms with van der Waals surface area (Å²) in [5.41, 5.74) is 6.11. The van der Waals surface area contributed by atoms with Gasteiger partial charge in [0, 0.05) is 22.3 Å². The third-order valence-electron chi connectivity index (χ3n) is 2.53. The second-order valence-corrected chi connectivity index (χ2v) is 4.99. The van der Waals surface area contributed by atoms with E-state index in [0.29, 0.717) is 5.75 Å². The predicted octanol–water partition coefficient (Wildman–Crippen LogP) is 3.76. The van der Waals surface area contributed by atoms with Crippen LogP contribution >= 0.6 is 11.8 Å². The first-order chi connectivity index (χ1) is 8.66. The number of rotatable bonds is 4. The maximum absolute atomic E-state index is 13.5. The third kappa shape index (κ3) is 3.31. The fraction of sp³-hybridized carbons (Fsp3) is 0.143. The molecular weight excluding hydrogens is 252 g/mol. The standard InChI is InChI=1S/C14H13F2NS/c15-10-6-7-13(16)12(8-10)14(17)9-18-11-4-2-1-3-5-11/h1-8,14H,9,17H2. The maximum atomic E-state index is 13.5. The molecule has 0 radical (unpaired) electrons. The van der Waals surface area contributed by atoms with Gasteiger partial charge < -0.3 is 5.73 Å². The second kappa shape index (κ2) is 5.98. The average molecular weight is 265 g/mol. The van der Waals surface area contributed by atoms with Gasteiger partial charge in [-0.15, -0.1) is 11.8 Å². The summed E-state index contributed by atoms with van der Waals surface area (Å²) >= 11 is 1.52. The molecule has 0 aliphatic carbocycles. The Balaban J connectivity index is 2.03. The summed E-state index contributed by atoms with van der Waals surface area (Å²) in [5.74, 6) is -0.422. The molecule has 2 rings (SSSR count). The smallest absolute Gasteiger partial charge is 0.128 e. The molecule has 4 heteroatoms. The highest BCUT2D eigenvalue weighted by atomic mass is 32.2. The molecule has 0 amide bonds. The number of thioether (sulfide) groups is 1. The summed E-state index contributed by atoms with van der Waals surface area (Å²) in [6.45, 7) is 0. The number of hydrogen-bond acceptors (Lipinski definition) is 2. The summed E-state index contributed by atoms with van der Waals surface area (Å²) in [5, 5.41) is 0. The minimum atomic E-state index is -0.522. The lowest BCUT2D eigenvalue weighted by Gasteiger charge is -2.12. The van der Waals surface area contributed by atoms with Crippen LogP contribution in [0, 0.1) is 11.6 Å². The van der Waals surface area contributed by atoms with Crippen molar-refractivity contribution < 1.29 is 8.78 Å². The summed E-state index contributed by atoms with van der Waals surface area (Å²) < 4.78 is 26.5.